The van der Waals surface area contributed by atoms with Crippen molar-refractivity contribution in [3.05, 3.63) is 11.6 Å². The molecule has 0 spiro atoms. The fourth-order valence-corrected chi connectivity index (χ4v) is 4.55. The van der Waals surface area contributed by atoms with Crippen LogP contribution in [0.4, 0.5) is 4.79 Å². The highest BCUT2D eigenvalue weighted by molar-refractivity contribution is 5.67. The number of nitrogens with one attached hydrogen (secondary N) is 1. The number of unbranched alkanes of at least 4 members (excludes halogenated alkanes) is 1. The van der Waals surface area contributed by atoms with Gasteiger partial charge in [-0.1, -0.05) is 52.2 Å². The zero-order chi connectivity index (χ0) is 17.7. The lowest BCUT2D eigenvalue weighted by Gasteiger charge is -2.55. The number of hydrogen-bond donors (Lipinski definition) is 1. The zero-order valence-corrected chi connectivity index (χ0v) is 16.1. The SMILES string of the molecule is CCCCNC(=O)OC[C@@]12CO[C@@H](CCC)[C@@H](C(C)=C[C@H]1C)[C@H]2C. The summed E-state index contributed by atoms with van der Waals surface area (Å²) in [6.45, 7) is 12.9. The van der Waals surface area contributed by atoms with E-state index in [1.54, 1.807) is 0 Å². The molecule has 4 heteroatoms. The molecule has 1 fully saturated rings. The monoisotopic (exact) mass is 337 g/mol. The number of carbonyl (C=O) groups is 1. The van der Waals surface area contributed by atoms with Crippen LogP contribution in [0, 0.1) is 23.2 Å². The molecule has 4 nitrogen and oxygen atoms in total. The average molecular weight is 338 g/mol. The Hall–Kier alpha value is -1.03. The highest BCUT2D eigenvalue weighted by atomic mass is 16.6. The van der Waals surface area contributed by atoms with Gasteiger partial charge in [0.25, 0.3) is 0 Å². The number of ether oxygens (including phenoxy) is 2. The molecule has 2 aliphatic rings. The maximum absolute atomic E-state index is 12.0. The third-order valence-electron chi connectivity index (χ3n) is 6.20. The maximum atomic E-state index is 12.0. The van der Waals surface area contributed by atoms with Gasteiger partial charge in [0.05, 0.1) is 12.7 Å². The number of amides is 1. The highest BCUT2D eigenvalue weighted by Crippen LogP contribution is 2.53. The van der Waals surface area contributed by atoms with E-state index >= 15 is 0 Å². The zero-order valence-electron chi connectivity index (χ0n) is 16.1. The summed E-state index contributed by atoms with van der Waals surface area (Å²) < 4.78 is 11.9. The summed E-state index contributed by atoms with van der Waals surface area (Å²) in [5, 5.41) is 2.84. The van der Waals surface area contributed by atoms with Crippen molar-refractivity contribution in [3.8, 4) is 0 Å². The lowest BCUT2D eigenvalue weighted by molar-refractivity contribution is -0.164. The van der Waals surface area contributed by atoms with E-state index in [1.807, 2.05) is 0 Å². The molecule has 0 radical (unpaired) electrons. The summed E-state index contributed by atoms with van der Waals surface area (Å²) in [5.74, 6) is 1.27. The summed E-state index contributed by atoms with van der Waals surface area (Å²) >= 11 is 0. The van der Waals surface area contributed by atoms with E-state index in [0.717, 1.165) is 25.7 Å². The van der Waals surface area contributed by atoms with Gasteiger partial charge in [-0.15, -0.1) is 0 Å². The van der Waals surface area contributed by atoms with Crippen LogP contribution in [0.5, 0.6) is 0 Å². The molecule has 2 bridgehead atoms. The highest BCUT2D eigenvalue weighted by Gasteiger charge is 2.53. The van der Waals surface area contributed by atoms with Crippen LogP contribution in [0.1, 0.15) is 60.3 Å². The quantitative estimate of drug-likeness (QED) is 0.548. The first-order valence-electron chi connectivity index (χ1n) is 9.66. The molecule has 1 saturated heterocycles. The van der Waals surface area contributed by atoms with E-state index in [4.69, 9.17) is 9.47 Å². The Balaban J connectivity index is 2.06. The van der Waals surface area contributed by atoms with Crippen LogP contribution >= 0.6 is 0 Å². The van der Waals surface area contributed by atoms with Crippen LogP contribution in [-0.4, -0.2) is 32.0 Å². The summed E-state index contributed by atoms with van der Waals surface area (Å²) in [5.41, 5.74) is 1.34. The molecule has 0 unspecified atom stereocenters. The van der Waals surface area contributed by atoms with Gasteiger partial charge in [0, 0.05) is 17.9 Å². The molecule has 138 valence electrons. The minimum Gasteiger partial charge on any atom is -0.449 e. The molecule has 0 aromatic rings. The number of alkyl carbamates (subject to hydrolysis) is 1. The van der Waals surface area contributed by atoms with Gasteiger partial charge in [-0.25, -0.2) is 4.79 Å². The van der Waals surface area contributed by atoms with Crippen LogP contribution in [0.2, 0.25) is 0 Å². The molecule has 1 aliphatic heterocycles. The first-order valence-corrected chi connectivity index (χ1v) is 9.66. The Kier molecular flexibility index (Phi) is 6.73. The van der Waals surface area contributed by atoms with Gasteiger partial charge < -0.3 is 14.8 Å². The second-order valence-corrected chi connectivity index (χ2v) is 7.74. The lowest BCUT2D eigenvalue weighted by atomic mass is 9.56. The van der Waals surface area contributed by atoms with Gasteiger partial charge in [0.2, 0.25) is 0 Å². The van der Waals surface area contributed by atoms with Crippen molar-refractivity contribution in [2.45, 2.75) is 66.4 Å². The predicted octanol–water partition coefficient (Wildman–Crippen LogP) is 4.55. The predicted molar refractivity (Wildman–Crippen MR) is 96.9 cm³/mol. The smallest absolute Gasteiger partial charge is 0.407 e. The fourth-order valence-electron chi connectivity index (χ4n) is 4.55. The molecule has 24 heavy (non-hydrogen) atoms. The molecule has 1 heterocycles. The molecule has 1 aliphatic carbocycles. The van der Waals surface area contributed by atoms with Crippen molar-refractivity contribution in [2.75, 3.05) is 19.8 Å². The topological polar surface area (TPSA) is 47.6 Å². The number of hydrogen-bond acceptors (Lipinski definition) is 3. The van der Waals surface area contributed by atoms with Crippen molar-refractivity contribution in [3.63, 3.8) is 0 Å². The molecule has 5 atom stereocenters. The maximum Gasteiger partial charge on any atom is 0.407 e. The molecule has 0 saturated carbocycles. The van der Waals surface area contributed by atoms with E-state index in [-0.39, 0.29) is 11.5 Å². The van der Waals surface area contributed by atoms with Crippen molar-refractivity contribution in [1.82, 2.24) is 5.32 Å². The average Bonchev–Trinajstić information content (AvgIpc) is 2.53. The fraction of sp³-hybridized carbons (Fsp3) is 0.850. The summed E-state index contributed by atoms with van der Waals surface area (Å²) in [4.78, 5) is 12.0. The van der Waals surface area contributed by atoms with Gasteiger partial charge in [0.15, 0.2) is 0 Å². The van der Waals surface area contributed by atoms with E-state index < -0.39 is 0 Å². The lowest BCUT2D eigenvalue weighted by Crippen LogP contribution is -2.57. The normalized spacial score (nSPS) is 35.3. The summed E-state index contributed by atoms with van der Waals surface area (Å²) in [7, 11) is 0. The van der Waals surface area contributed by atoms with Crippen molar-refractivity contribution < 1.29 is 14.3 Å². The van der Waals surface area contributed by atoms with Crippen molar-refractivity contribution in [1.29, 1.82) is 0 Å². The van der Waals surface area contributed by atoms with E-state index in [0.29, 0.717) is 43.6 Å². The largest absolute Gasteiger partial charge is 0.449 e. The number of rotatable bonds is 7. The van der Waals surface area contributed by atoms with Crippen molar-refractivity contribution in [2.24, 2.45) is 23.2 Å². The van der Waals surface area contributed by atoms with E-state index in [9.17, 15) is 4.79 Å². The molecule has 1 N–H and O–H groups in total. The van der Waals surface area contributed by atoms with Crippen LogP contribution in [0.15, 0.2) is 11.6 Å². The minimum absolute atomic E-state index is 0.101. The Morgan fingerprint density at radius 2 is 2.12 bits per heavy atom. The Morgan fingerprint density at radius 1 is 1.38 bits per heavy atom. The first kappa shape index (κ1) is 19.3. The molecule has 0 aromatic carbocycles. The van der Waals surface area contributed by atoms with Crippen molar-refractivity contribution >= 4 is 6.09 Å². The van der Waals surface area contributed by atoms with Crippen LogP contribution in [0.25, 0.3) is 0 Å². The van der Waals surface area contributed by atoms with E-state index in [1.165, 1.54) is 5.57 Å². The molecule has 2 rings (SSSR count). The number of fused-ring (bicyclic) bond motifs is 2. The number of allylic oxidation sites excluding steroid dienone is 1. The van der Waals surface area contributed by atoms with Gasteiger partial charge in [-0.3, -0.25) is 0 Å². The summed E-state index contributed by atoms with van der Waals surface area (Å²) in [6.07, 6.45) is 6.68. The third-order valence-corrected chi connectivity index (χ3v) is 6.20. The molecular weight excluding hydrogens is 302 g/mol. The van der Waals surface area contributed by atoms with Gasteiger partial charge in [-0.05, 0) is 31.6 Å². The number of carbonyl (C=O) groups excluding carboxylic acids is 1. The van der Waals surface area contributed by atoms with Crippen LogP contribution < -0.4 is 5.32 Å². The molecule has 0 aromatic heterocycles. The minimum atomic E-state index is -0.296. The van der Waals surface area contributed by atoms with Crippen LogP contribution in [0.3, 0.4) is 0 Å². The summed E-state index contributed by atoms with van der Waals surface area (Å²) in [6, 6.07) is 0. The van der Waals surface area contributed by atoms with Crippen LogP contribution in [-0.2, 0) is 9.47 Å². The molecular formula is C20H35NO3. The third kappa shape index (κ3) is 3.79. The second kappa shape index (κ2) is 8.37. The van der Waals surface area contributed by atoms with Gasteiger partial charge in [-0.2, -0.15) is 0 Å². The molecule has 1 amide bonds. The first-order chi connectivity index (χ1) is 11.5. The van der Waals surface area contributed by atoms with Gasteiger partial charge in [0.1, 0.15) is 6.61 Å². The Bertz CT molecular complexity index is 462. The second-order valence-electron chi connectivity index (χ2n) is 7.74. The van der Waals surface area contributed by atoms with E-state index in [2.05, 4.69) is 46.0 Å². The Morgan fingerprint density at radius 3 is 2.79 bits per heavy atom. The standard InChI is InChI=1S/C20H35NO3/c1-6-8-10-21-19(22)24-13-20-12-23-17(9-7-2)18(16(20)5)14(3)11-15(20)4/h11,15-18H,6-10,12-13H2,1-5H3,(H,21,22)/t15-,16-,17+,18+,20+/m1/s1. The Labute approximate surface area is 147 Å². The van der Waals surface area contributed by atoms with Gasteiger partial charge >= 0.3 is 6.09 Å².